The Labute approximate surface area is 182 Å². The summed E-state index contributed by atoms with van der Waals surface area (Å²) in [5, 5.41) is 2.89. The highest BCUT2D eigenvalue weighted by Crippen LogP contribution is 2.30. The lowest BCUT2D eigenvalue weighted by atomic mass is 10.1. The van der Waals surface area contributed by atoms with E-state index in [0.717, 1.165) is 11.1 Å². The smallest absolute Gasteiger partial charge is 0.255 e. The van der Waals surface area contributed by atoms with Crippen LogP contribution in [0.4, 0.5) is 5.69 Å². The van der Waals surface area contributed by atoms with Gasteiger partial charge in [-0.2, -0.15) is 0 Å². The molecule has 6 heteroatoms. The molecular formula is C25H27NO5. The molecule has 31 heavy (non-hydrogen) atoms. The molecule has 3 aromatic rings. The molecule has 0 aromatic heterocycles. The van der Waals surface area contributed by atoms with Crippen molar-refractivity contribution in [3.63, 3.8) is 0 Å². The second-order valence-corrected chi connectivity index (χ2v) is 6.76. The van der Waals surface area contributed by atoms with E-state index in [2.05, 4.69) is 5.32 Å². The first-order chi connectivity index (χ1) is 15.1. The fourth-order valence-corrected chi connectivity index (χ4v) is 3.10. The summed E-state index contributed by atoms with van der Waals surface area (Å²) in [4.78, 5) is 12.8. The van der Waals surface area contributed by atoms with Gasteiger partial charge in [0.25, 0.3) is 5.91 Å². The number of benzene rings is 3. The molecule has 0 aliphatic heterocycles. The average molecular weight is 421 g/mol. The minimum atomic E-state index is -0.237. The van der Waals surface area contributed by atoms with Gasteiger partial charge in [0.05, 0.1) is 34.0 Å². The third-order valence-corrected chi connectivity index (χ3v) is 4.63. The van der Waals surface area contributed by atoms with Gasteiger partial charge >= 0.3 is 0 Å². The van der Waals surface area contributed by atoms with Crippen molar-refractivity contribution < 1.29 is 23.7 Å². The number of anilines is 1. The molecular weight excluding hydrogens is 394 g/mol. The maximum atomic E-state index is 12.8. The topological polar surface area (TPSA) is 66.0 Å². The van der Waals surface area contributed by atoms with Crippen LogP contribution < -0.4 is 19.5 Å². The molecule has 0 fully saturated rings. The van der Waals surface area contributed by atoms with Crippen LogP contribution in [0.5, 0.6) is 17.2 Å². The van der Waals surface area contributed by atoms with Gasteiger partial charge in [-0.05, 0) is 42.8 Å². The van der Waals surface area contributed by atoms with Gasteiger partial charge in [-0.15, -0.1) is 0 Å². The average Bonchev–Trinajstić information content (AvgIpc) is 2.80. The van der Waals surface area contributed by atoms with Gasteiger partial charge in [0.1, 0.15) is 5.75 Å². The maximum Gasteiger partial charge on any atom is 0.255 e. The lowest BCUT2D eigenvalue weighted by Gasteiger charge is -2.14. The number of amides is 1. The molecule has 1 amide bonds. The minimum absolute atomic E-state index is 0.237. The number of hydrogen-bond acceptors (Lipinski definition) is 5. The molecule has 1 N–H and O–H groups in total. The predicted octanol–water partition coefficient (Wildman–Crippen LogP) is 5.07. The standard InChI is InChI=1S/C25H27NO5/c1-4-31-22-12-10-19(14-20(22)17-30-16-18-8-6-5-7-9-18)25(27)26-21-11-13-23(28-2)24(15-21)29-3/h5-15H,4,16-17H2,1-3H3,(H,26,27). The highest BCUT2D eigenvalue weighted by atomic mass is 16.5. The Hall–Kier alpha value is -3.51. The van der Waals surface area contributed by atoms with Crippen molar-refractivity contribution >= 4 is 11.6 Å². The first kappa shape index (κ1) is 22.2. The zero-order chi connectivity index (χ0) is 22.1. The Balaban J connectivity index is 1.73. The largest absolute Gasteiger partial charge is 0.494 e. The van der Waals surface area contributed by atoms with Crippen LogP contribution in [-0.2, 0) is 18.0 Å². The summed E-state index contributed by atoms with van der Waals surface area (Å²) in [7, 11) is 3.12. The zero-order valence-electron chi connectivity index (χ0n) is 18.0. The first-order valence-corrected chi connectivity index (χ1v) is 10.0. The summed E-state index contributed by atoms with van der Waals surface area (Å²) in [6, 6.07) is 20.5. The molecule has 0 radical (unpaired) electrons. The minimum Gasteiger partial charge on any atom is -0.494 e. The van der Waals surface area contributed by atoms with E-state index in [1.54, 1.807) is 50.6 Å². The molecule has 0 aliphatic carbocycles. The number of carbonyl (C=O) groups excluding carboxylic acids is 1. The van der Waals surface area contributed by atoms with Crippen LogP contribution in [0.25, 0.3) is 0 Å². The molecule has 0 heterocycles. The molecule has 0 spiro atoms. The summed E-state index contributed by atoms with van der Waals surface area (Å²) in [5.74, 6) is 1.61. The van der Waals surface area contributed by atoms with E-state index in [0.29, 0.717) is 48.3 Å². The molecule has 0 atom stereocenters. The quantitative estimate of drug-likeness (QED) is 0.495. The van der Waals surface area contributed by atoms with Gasteiger partial charge in [-0.3, -0.25) is 4.79 Å². The monoisotopic (exact) mass is 421 g/mol. The molecule has 3 rings (SSSR count). The SMILES string of the molecule is CCOc1ccc(C(=O)Nc2ccc(OC)c(OC)c2)cc1COCc1ccccc1. The van der Waals surface area contributed by atoms with E-state index >= 15 is 0 Å². The Kier molecular flexibility index (Phi) is 7.90. The lowest BCUT2D eigenvalue weighted by molar-refractivity contribution is 0.101. The fourth-order valence-electron chi connectivity index (χ4n) is 3.10. The Morgan fingerprint density at radius 3 is 2.29 bits per heavy atom. The van der Waals surface area contributed by atoms with E-state index in [9.17, 15) is 4.79 Å². The van der Waals surface area contributed by atoms with Crippen molar-refractivity contribution in [3.05, 3.63) is 83.4 Å². The summed E-state index contributed by atoms with van der Waals surface area (Å²) in [6.45, 7) is 3.27. The van der Waals surface area contributed by atoms with Crippen LogP contribution in [0.3, 0.4) is 0 Å². The number of methoxy groups -OCH3 is 2. The summed E-state index contributed by atoms with van der Waals surface area (Å²) >= 11 is 0. The van der Waals surface area contributed by atoms with E-state index in [4.69, 9.17) is 18.9 Å². The van der Waals surface area contributed by atoms with E-state index < -0.39 is 0 Å². The Bertz CT molecular complexity index is 1000. The normalized spacial score (nSPS) is 10.4. The lowest BCUT2D eigenvalue weighted by Crippen LogP contribution is -2.13. The van der Waals surface area contributed by atoms with Crippen LogP contribution in [-0.4, -0.2) is 26.7 Å². The second-order valence-electron chi connectivity index (χ2n) is 6.76. The van der Waals surface area contributed by atoms with Crippen LogP contribution in [0.2, 0.25) is 0 Å². The molecule has 0 saturated carbocycles. The Morgan fingerprint density at radius 2 is 1.58 bits per heavy atom. The van der Waals surface area contributed by atoms with Crippen LogP contribution >= 0.6 is 0 Å². The van der Waals surface area contributed by atoms with Crippen LogP contribution in [0.1, 0.15) is 28.4 Å². The molecule has 0 saturated heterocycles. The van der Waals surface area contributed by atoms with Crippen molar-refractivity contribution in [2.45, 2.75) is 20.1 Å². The molecule has 6 nitrogen and oxygen atoms in total. The van der Waals surface area contributed by atoms with E-state index in [1.165, 1.54) is 0 Å². The van der Waals surface area contributed by atoms with Crippen LogP contribution in [0.15, 0.2) is 66.7 Å². The van der Waals surface area contributed by atoms with Gasteiger partial charge in [-0.1, -0.05) is 30.3 Å². The number of ether oxygens (including phenoxy) is 4. The molecule has 0 unspecified atom stereocenters. The maximum absolute atomic E-state index is 12.8. The van der Waals surface area contributed by atoms with Crippen molar-refractivity contribution in [1.82, 2.24) is 0 Å². The third-order valence-electron chi connectivity index (χ3n) is 4.63. The highest BCUT2D eigenvalue weighted by Gasteiger charge is 2.13. The van der Waals surface area contributed by atoms with Gasteiger partial charge in [0.15, 0.2) is 11.5 Å². The van der Waals surface area contributed by atoms with Crippen molar-refractivity contribution in [3.8, 4) is 17.2 Å². The van der Waals surface area contributed by atoms with E-state index in [1.807, 2.05) is 37.3 Å². The van der Waals surface area contributed by atoms with Gasteiger partial charge in [-0.25, -0.2) is 0 Å². The van der Waals surface area contributed by atoms with E-state index in [-0.39, 0.29) is 5.91 Å². The van der Waals surface area contributed by atoms with Crippen LogP contribution in [0, 0.1) is 0 Å². The highest BCUT2D eigenvalue weighted by molar-refractivity contribution is 6.04. The van der Waals surface area contributed by atoms with Gasteiger partial charge in [0.2, 0.25) is 0 Å². The third kappa shape index (κ3) is 5.99. The number of carbonyl (C=O) groups is 1. The molecule has 0 bridgehead atoms. The zero-order valence-corrected chi connectivity index (χ0v) is 18.0. The van der Waals surface area contributed by atoms with Crippen molar-refractivity contribution in [1.29, 1.82) is 0 Å². The second kappa shape index (κ2) is 11.0. The van der Waals surface area contributed by atoms with Crippen molar-refractivity contribution in [2.24, 2.45) is 0 Å². The number of nitrogens with one attached hydrogen (secondary N) is 1. The summed E-state index contributed by atoms with van der Waals surface area (Å²) in [6.07, 6.45) is 0. The predicted molar refractivity (Wildman–Crippen MR) is 120 cm³/mol. The summed E-state index contributed by atoms with van der Waals surface area (Å²) in [5.41, 5.74) is 3.02. The number of rotatable bonds is 10. The van der Waals surface area contributed by atoms with Gasteiger partial charge < -0.3 is 24.3 Å². The number of hydrogen-bond donors (Lipinski definition) is 1. The summed E-state index contributed by atoms with van der Waals surface area (Å²) < 4.78 is 22.1. The van der Waals surface area contributed by atoms with Crippen molar-refractivity contribution in [2.75, 3.05) is 26.1 Å². The molecule has 162 valence electrons. The molecule has 3 aromatic carbocycles. The van der Waals surface area contributed by atoms with Gasteiger partial charge in [0, 0.05) is 22.9 Å². The molecule has 0 aliphatic rings. The fraction of sp³-hybridized carbons (Fsp3) is 0.240. The Morgan fingerprint density at radius 1 is 0.839 bits per heavy atom. The first-order valence-electron chi connectivity index (χ1n) is 10.0.